The normalized spacial score (nSPS) is 25.4. The van der Waals surface area contributed by atoms with Crippen molar-refractivity contribution >= 4 is 29.1 Å². The summed E-state index contributed by atoms with van der Waals surface area (Å²) in [4.78, 5) is 37.1. The molecule has 0 saturated carbocycles. The summed E-state index contributed by atoms with van der Waals surface area (Å²) in [6, 6.07) is 2.02. The van der Waals surface area contributed by atoms with Gasteiger partial charge in [0, 0.05) is 43.0 Å². The van der Waals surface area contributed by atoms with Crippen LogP contribution in [0.15, 0.2) is 46.0 Å². The third-order valence-corrected chi connectivity index (χ3v) is 8.65. The number of carbonyl (C=O) groups is 2. The fourth-order valence-electron chi connectivity index (χ4n) is 5.72. The van der Waals surface area contributed by atoms with Crippen LogP contribution in [0, 0.1) is 18.7 Å². The van der Waals surface area contributed by atoms with Crippen molar-refractivity contribution in [3.8, 4) is 0 Å². The van der Waals surface area contributed by atoms with E-state index in [1.54, 1.807) is 41.3 Å². The standard InChI is InChI=1S/C27H30F3N5O4S/c1-4-39-26(38)21-19(11-35-13-27(29,30)17-10-34(12-20(17)35)15(3)25(36)37)32-23(24-31-8-9-40-24)33-22(21)16-6-5-7-18(28)14(16)2/h5-9,15,17,20,22H,4,10-13H2,1-3H3,(H,32,33)(H,36,37). The molecule has 0 spiro atoms. The van der Waals surface area contributed by atoms with Crippen molar-refractivity contribution < 1.29 is 32.6 Å². The van der Waals surface area contributed by atoms with Gasteiger partial charge in [0.15, 0.2) is 10.8 Å². The lowest BCUT2D eigenvalue weighted by atomic mass is 9.92. The molecular formula is C27H30F3N5O4S. The van der Waals surface area contributed by atoms with Crippen LogP contribution < -0.4 is 5.32 Å². The second kappa shape index (κ2) is 10.9. The summed E-state index contributed by atoms with van der Waals surface area (Å²) in [5.41, 5.74) is 1.17. The Balaban J connectivity index is 1.57. The van der Waals surface area contributed by atoms with E-state index in [-0.39, 0.29) is 31.8 Å². The van der Waals surface area contributed by atoms with Gasteiger partial charge >= 0.3 is 11.9 Å². The van der Waals surface area contributed by atoms with Gasteiger partial charge < -0.3 is 15.2 Å². The molecule has 2 N–H and O–H groups in total. The molecule has 2 fully saturated rings. The van der Waals surface area contributed by atoms with Crippen LogP contribution in [-0.2, 0) is 14.3 Å². The zero-order chi connectivity index (χ0) is 28.8. The number of hydrogen-bond donors (Lipinski definition) is 2. The largest absolute Gasteiger partial charge is 0.480 e. The summed E-state index contributed by atoms with van der Waals surface area (Å²) in [6.07, 6.45) is 1.60. The number of carbonyl (C=O) groups excluding carboxylic acids is 1. The number of benzene rings is 1. The molecule has 0 radical (unpaired) electrons. The van der Waals surface area contributed by atoms with E-state index in [0.717, 1.165) is 0 Å². The van der Waals surface area contributed by atoms with Gasteiger partial charge in [-0.05, 0) is 38.0 Å². The number of hydrogen-bond acceptors (Lipinski definition) is 9. The maximum atomic E-state index is 15.2. The number of aromatic nitrogens is 1. The van der Waals surface area contributed by atoms with Crippen molar-refractivity contribution in [2.45, 2.75) is 44.8 Å². The second-order valence-electron chi connectivity index (χ2n) is 10.2. The summed E-state index contributed by atoms with van der Waals surface area (Å²) < 4.78 is 50.5. The van der Waals surface area contributed by atoms with Crippen LogP contribution in [0.2, 0.25) is 0 Å². The maximum absolute atomic E-state index is 15.2. The van der Waals surface area contributed by atoms with Gasteiger partial charge in [-0.1, -0.05) is 12.1 Å². The average Bonchev–Trinajstić information content (AvgIpc) is 3.64. The van der Waals surface area contributed by atoms with Gasteiger partial charge in [-0.2, -0.15) is 0 Å². The third kappa shape index (κ3) is 5.13. The number of halogens is 3. The van der Waals surface area contributed by atoms with E-state index < -0.39 is 54.3 Å². The summed E-state index contributed by atoms with van der Waals surface area (Å²) in [5, 5.41) is 14.9. The van der Waals surface area contributed by atoms with Gasteiger partial charge in [-0.15, -0.1) is 11.3 Å². The average molecular weight is 578 g/mol. The smallest absolute Gasteiger partial charge is 0.338 e. The quantitative estimate of drug-likeness (QED) is 0.461. The Morgan fingerprint density at radius 2 is 2.10 bits per heavy atom. The Bertz CT molecular complexity index is 1370. The molecule has 3 aliphatic rings. The molecule has 4 atom stereocenters. The van der Waals surface area contributed by atoms with Gasteiger partial charge in [0.05, 0.1) is 24.6 Å². The van der Waals surface area contributed by atoms with Gasteiger partial charge in [0.1, 0.15) is 17.9 Å². The summed E-state index contributed by atoms with van der Waals surface area (Å²) >= 11 is 1.31. The van der Waals surface area contributed by atoms with Gasteiger partial charge in [-0.3, -0.25) is 19.6 Å². The van der Waals surface area contributed by atoms with E-state index in [1.807, 2.05) is 0 Å². The molecule has 0 amide bonds. The lowest BCUT2D eigenvalue weighted by Crippen LogP contribution is -2.45. The molecular weight excluding hydrogens is 547 g/mol. The second-order valence-corrected chi connectivity index (χ2v) is 11.1. The Labute approximate surface area is 233 Å². The molecule has 4 unspecified atom stereocenters. The van der Waals surface area contributed by atoms with Gasteiger partial charge in [0.25, 0.3) is 5.92 Å². The highest BCUT2D eigenvalue weighted by molar-refractivity contribution is 7.11. The third-order valence-electron chi connectivity index (χ3n) is 7.87. The minimum atomic E-state index is -3.05. The molecule has 2 saturated heterocycles. The molecule has 1 aromatic carbocycles. The van der Waals surface area contributed by atoms with Crippen molar-refractivity contribution in [2.24, 2.45) is 10.9 Å². The zero-order valence-corrected chi connectivity index (χ0v) is 23.1. The Hall–Kier alpha value is -3.29. The molecule has 0 aliphatic carbocycles. The lowest BCUT2D eigenvalue weighted by molar-refractivity contribution is -0.143. The van der Waals surface area contributed by atoms with Crippen molar-refractivity contribution in [2.75, 3.05) is 32.8 Å². The summed E-state index contributed by atoms with van der Waals surface area (Å²) in [7, 11) is 0. The first-order valence-corrected chi connectivity index (χ1v) is 13.9. The van der Waals surface area contributed by atoms with E-state index in [2.05, 4.69) is 10.3 Å². The van der Waals surface area contributed by atoms with E-state index in [4.69, 9.17) is 9.73 Å². The van der Waals surface area contributed by atoms with Crippen molar-refractivity contribution in [3.05, 3.63) is 63.0 Å². The number of esters is 1. The predicted octanol–water partition coefficient (Wildman–Crippen LogP) is 3.22. The Morgan fingerprint density at radius 1 is 1.32 bits per heavy atom. The molecule has 5 rings (SSSR count). The lowest BCUT2D eigenvalue weighted by Gasteiger charge is -2.32. The molecule has 2 aromatic rings. The minimum absolute atomic E-state index is 0.0459. The van der Waals surface area contributed by atoms with E-state index in [0.29, 0.717) is 27.7 Å². The first kappa shape index (κ1) is 28.2. The van der Waals surface area contributed by atoms with E-state index >= 15 is 8.78 Å². The molecule has 3 aliphatic heterocycles. The molecule has 1 aromatic heterocycles. The highest BCUT2D eigenvalue weighted by Crippen LogP contribution is 2.44. The van der Waals surface area contributed by atoms with Crippen LogP contribution in [0.3, 0.4) is 0 Å². The number of aliphatic imine (C=N–C) groups is 1. The Kier molecular flexibility index (Phi) is 7.73. The highest BCUT2D eigenvalue weighted by Gasteiger charge is 2.59. The van der Waals surface area contributed by atoms with Crippen LogP contribution in [0.4, 0.5) is 13.2 Å². The number of likely N-dealkylation sites (tertiary alicyclic amines) is 2. The molecule has 214 valence electrons. The fraction of sp³-hybridized carbons (Fsp3) is 0.481. The van der Waals surface area contributed by atoms with Crippen molar-refractivity contribution in [3.63, 3.8) is 0 Å². The molecule has 0 bridgehead atoms. The van der Waals surface area contributed by atoms with Crippen LogP contribution in [-0.4, -0.2) is 88.5 Å². The number of carboxylic acids is 1. The van der Waals surface area contributed by atoms with Crippen LogP contribution in [0.25, 0.3) is 0 Å². The molecule has 13 heteroatoms. The number of thiazole rings is 1. The molecule has 9 nitrogen and oxygen atoms in total. The van der Waals surface area contributed by atoms with E-state index in [9.17, 15) is 19.1 Å². The van der Waals surface area contributed by atoms with Crippen molar-refractivity contribution in [1.82, 2.24) is 20.1 Å². The number of fused-ring (bicyclic) bond motifs is 1. The number of alkyl halides is 2. The number of nitrogens with one attached hydrogen (secondary N) is 1. The van der Waals surface area contributed by atoms with Gasteiger partial charge in [-0.25, -0.2) is 22.9 Å². The van der Waals surface area contributed by atoms with Gasteiger partial charge in [0.2, 0.25) is 0 Å². The monoisotopic (exact) mass is 577 g/mol. The first-order chi connectivity index (χ1) is 19.0. The minimum Gasteiger partial charge on any atom is -0.480 e. The van der Waals surface area contributed by atoms with Crippen LogP contribution >= 0.6 is 11.3 Å². The number of aliphatic carboxylic acids is 1. The molecule has 40 heavy (non-hydrogen) atoms. The number of rotatable bonds is 8. The predicted molar refractivity (Wildman–Crippen MR) is 142 cm³/mol. The summed E-state index contributed by atoms with van der Waals surface area (Å²) in [6.45, 7) is 4.29. The number of ether oxygens (including phenoxy) is 1. The zero-order valence-electron chi connectivity index (χ0n) is 22.2. The maximum Gasteiger partial charge on any atom is 0.338 e. The van der Waals surface area contributed by atoms with Crippen LogP contribution in [0.5, 0.6) is 0 Å². The topological polar surface area (TPSA) is 107 Å². The SMILES string of the molecule is CCOC(=O)C1=C(CN2CC(F)(F)C3CN(C(C)C(=O)O)CC32)NC(c2nccs2)=NC1c1cccc(F)c1C. The highest BCUT2D eigenvalue weighted by atomic mass is 32.1. The number of amidine groups is 1. The van der Waals surface area contributed by atoms with Crippen LogP contribution in [0.1, 0.15) is 36.0 Å². The van der Waals surface area contributed by atoms with Crippen molar-refractivity contribution in [1.29, 1.82) is 0 Å². The first-order valence-electron chi connectivity index (χ1n) is 13.0. The summed E-state index contributed by atoms with van der Waals surface area (Å²) in [5.74, 6) is -6.00. The number of nitrogens with zero attached hydrogens (tertiary/aromatic N) is 4. The molecule has 4 heterocycles. The number of carboxylic acid groups (broad SMARTS) is 1. The van der Waals surface area contributed by atoms with E-state index in [1.165, 1.54) is 30.4 Å². The fourth-order valence-corrected chi connectivity index (χ4v) is 6.31. The Morgan fingerprint density at radius 3 is 2.77 bits per heavy atom.